The molecule has 1 fully saturated rings. The fraction of sp³-hybridized carbons (Fsp3) is 0.269. The summed E-state index contributed by atoms with van der Waals surface area (Å²) in [4.78, 5) is 20.7. The van der Waals surface area contributed by atoms with Gasteiger partial charge in [0.1, 0.15) is 11.1 Å². The molecular weight excluding hydrogens is 450 g/mol. The minimum Gasteiger partial charge on any atom is -0.493 e. The quantitative estimate of drug-likeness (QED) is 0.237. The first-order valence-electron chi connectivity index (χ1n) is 11.1. The van der Waals surface area contributed by atoms with Gasteiger partial charge in [0.25, 0.3) is 0 Å². The number of methoxy groups -OCH3 is 2. The Morgan fingerprint density at radius 2 is 1.74 bits per heavy atom. The number of aliphatic carboxylic acids is 1. The Morgan fingerprint density at radius 3 is 2.41 bits per heavy atom. The number of hydrogen-bond donors (Lipinski definition) is 2. The van der Waals surface area contributed by atoms with E-state index in [1.807, 2.05) is 12.1 Å². The predicted molar refractivity (Wildman–Crippen MR) is 135 cm³/mol. The summed E-state index contributed by atoms with van der Waals surface area (Å²) in [6.45, 7) is 1.62. The molecule has 1 saturated carbocycles. The Kier molecular flexibility index (Phi) is 5.91. The van der Waals surface area contributed by atoms with Gasteiger partial charge in [-0.1, -0.05) is 42.1 Å². The van der Waals surface area contributed by atoms with Crippen LogP contribution in [-0.2, 0) is 4.79 Å². The van der Waals surface area contributed by atoms with E-state index in [1.165, 1.54) is 23.8 Å². The third kappa shape index (κ3) is 4.21. The molecule has 1 heterocycles. The second kappa shape index (κ2) is 9.02. The van der Waals surface area contributed by atoms with Gasteiger partial charge in [0.05, 0.1) is 19.7 Å². The molecule has 0 amide bonds. The lowest BCUT2D eigenvalue weighted by atomic mass is 9.99. The first-order valence-corrected chi connectivity index (χ1v) is 12.0. The number of fused-ring (bicyclic) bond motifs is 2. The molecule has 0 saturated heterocycles. The maximum Gasteiger partial charge on any atom is 0.316 e. The first kappa shape index (κ1) is 22.3. The van der Waals surface area contributed by atoms with Crippen LogP contribution in [0.4, 0.5) is 11.5 Å². The third-order valence-corrected chi connectivity index (χ3v) is 6.99. The lowest BCUT2D eigenvalue weighted by Gasteiger charge is -2.16. The van der Waals surface area contributed by atoms with Gasteiger partial charge < -0.3 is 19.9 Å². The maximum absolute atomic E-state index is 11.4. The molecule has 1 aliphatic rings. The summed E-state index contributed by atoms with van der Waals surface area (Å²) >= 11 is 1.10. The van der Waals surface area contributed by atoms with E-state index in [-0.39, 0.29) is 0 Å². The summed E-state index contributed by atoms with van der Waals surface area (Å²) in [6.07, 6.45) is 2.47. The summed E-state index contributed by atoms with van der Waals surface area (Å²) in [7, 11) is 3.15. The normalized spacial score (nSPS) is 14.2. The van der Waals surface area contributed by atoms with Crippen molar-refractivity contribution in [2.45, 2.75) is 36.1 Å². The van der Waals surface area contributed by atoms with Crippen LogP contribution < -0.4 is 14.8 Å². The Labute approximate surface area is 201 Å². The van der Waals surface area contributed by atoms with Crippen molar-refractivity contribution in [3.63, 3.8) is 0 Å². The van der Waals surface area contributed by atoms with Gasteiger partial charge in [-0.15, -0.1) is 0 Å². The summed E-state index contributed by atoms with van der Waals surface area (Å²) in [5, 5.41) is 15.7. The lowest BCUT2D eigenvalue weighted by Crippen LogP contribution is -2.12. The van der Waals surface area contributed by atoms with E-state index in [0.29, 0.717) is 33.9 Å². The molecule has 0 aliphatic heterocycles. The molecule has 1 atom stereocenters. The molecule has 8 heteroatoms. The molecule has 34 heavy (non-hydrogen) atoms. The van der Waals surface area contributed by atoms with Crippen LogP contribution in [0.15, 0.2) is 53.7 Å². The molecule has 1 aliphatic carbocycles. The number of nitrogens with zero attached hydrogens (tertiary/aromatic N) is 2. The highest BCUT2D eigenvalue weighted by atomic mass is 32.2. The van der Waals surface area contributed by atoms with Gasteiger partial charge >= 0.3 is 5.97 Å². The van der Waals surface area contributed by atoms with Crippen LogP contribution in [0.1, 0.15) is 31.2 Å². The van der Waals surface area contributed by atoms with Crippen molar-refractivity contribution < 1.29 is 19.4 Å². The molecular formula is C26H25N3O4S. The van der Waals surface area contributed by atoms with Gasteiger partial charge in [0, 0.05) is 22.5 Å². The summed E-state index contributed by atoms with van der Waals surface area (Å²) in [5.74, 6) is 1.40. The fourth-order valence-electron chi connectivity index (χ4n) is 4.10. The number of aromatic nitrogens is 2. The van der Waals surface area contributed by atoms with Crippen molar-refractivity contribution in [2.75, 3.05) is 19.5 Å². The first-order chi connectivity index (χ1) is 16.5. The number of carboxylic acid groups (broad SMARTS) is 1. The third-order valence-electron chi connectivity index (χ3n) is 6.04. The van der Waals surface area contributed by atoms with Crippen LogP contribution in [0.3, 0.4) is 0 Å². The van der Waals surface area contributed by atoms with E-state index in [2.05, 4.69) is 40.6 Å². The largest absolute Gasteiger partial charge is 0.493 e. The van der Waals surface area contributed by atoms with Crippen molar-refractivity contribution in [1.82, 2.24) is 9.97 Å². The molecule has 3 aromatic carbocycles. The highest BCUT2D eigenvalue weighted by Gasteiger charge is 2.26. The molecule has 1 aromatic heterocycles. The van der Waals surface area contributed by atoms with Crippen LogP contribution in [0.5, 0.6) is 11.5 Å². The minimum absolute atomic E-state index is 0.371. The standard InChI is InChI=1S/C26H25N3O4S/c1-14(25(30)31)34-26-28-21-13-23(33-3)22(32-2)12-19(21)24(29-26)27-20-11-10-16(15-8-9-15)17-6-4-5-7-18(17)20/h4-7,10-15H,8-9H2,1-3H3,(H,30,31)(H,27,28,29). The number of thioether (sulfide) groups is 1. The zero-order valence-corrected chi connectivity index (χ0v) is 20.0. The summed E-state index contributed by atoms with van der Waals surface area (Å²) in [5.41, 5.74) is 2.94. The second-order valence-corrected chi connectivity index (χ2v) is 9.63. The maximum atomic E-state index is 11.4. The highest BCUT2D eigenvalue weighted by Crippen LogP contribution is 2.45. The molecule has 5 rings (SSSR count). The smallest absolute Gasteiger partial charge is 0.316 e. The Bertz CT molecular complexity index is 1400. The van der Waals surface area contributed by atoms with E-state index >= 15 is 0 Å². The molecule has 0 bridgehead atoms. The van der Waals surface area contributed by atoms with Crippen molar-refractivity contribution >= 4 is 50.9 Å². The van der Waals surface area contributed by atoms with E-state index in [4.69, 9.17) is 14.5 Å². The molecule has 1 unspecified atom stereocenters. The van der Waals surface area contributed by atoms with Gasteiger partial charge in [-0.25, -0.2) is 9.97 Å². The number of rotatable bonds is 8. The van der Waals surface area contributed by atoms with E-state index in [1.54, 1.807) is 27.2 Å². The van der Waals surface area contributed by atoms with Crippen molar-refractivity contribution in [1.29, 1.82) is 0 Å². The number of carboxylic acids is 1. The van der Waals surface area contributed by atoms with Crippen LogP contribution in [0.2, 0.25) is 0 Å². The number of hydrogen-bond acceptors (Lipinski definition) is 7. The monoisotopic (exact) mass is 475 g/mol. The molecule has 7 nitrogen and oxygen atoms in total. The van der Waals surface area contributed by atoms with Gasteiger partial charge in [-0.05, 0) is 48.8 Å². The van der Waals surface area contributed by atoms with Crippen molar-refractivity contribution in [3.05, 3.63) is 54.1 Å². The van der Waals surface area contributed by atoms with Crippen LogP contribution in [0, 0.1) is 0 Å². The van der Waals surface area contributed by atoms with Gasteiger partial charge in [0.2, 0.25) is 0 Å². The average Bonchev–Trinajstić information content (AvgIpc) is 3.68. The van der Waals surface area contributed by atoms with Crippen molar-refractivity contribution in [2.24, 2.45) is 0 Å². The van der Waals surface area contributed by atoms with E-state index in [9.17, 15) is 9.90 Å². The SMILES string of the molecule is COc1cc2nc(SC(C)C(=O)O)nc(Nc3ccc(C4CC4)c4ccccc34)c2cc1OC. The van der Waals surface area contributed by atoms with Gasteiger partial charge in [0.15, 0.2) is 16.7 Å². The summed E-state index contributed by atoms with van der Waals surface area (Å²) < 4.78 is 11.0. The lowest BCUT2D eigenvalue weighted by molar-refractivity contribution is -0.136. The second-order valence-electron chi connectivity index (χ2n) is 8.32. The number of benzene rings is 3. The number of nitrogens with one attached hydrogen (secondary N) is 1. The minimum atomic E-state index is -0.919. The van der Waals surface area contributed by atoms with E-state index < -0.39 is 11.2 Å². The fourth-order valence-corrected chi connectivity index (χ4v) is 4.81. The van der Waals surface area contributed by atoms with Crippen LogP contribution in [0.25, 0.3) is 21.7 Å². The molecule has 4 aromatic rings. The Balaban J connectivity index is 1.65. The van der Waals surface area contributed by atoms with Crippen molar-refractivity contribution in [3.8, 4) is 11.5 Å². The van der Waals surface area contributed by atoms with Crippen LogP contribution in [-0.4, -0.2) is 40.5 Å². The number of carbonyl (C=O) groups is 1. The molecule has 0 spiro atoms. The van der Waals surface area contributed by atoms with Crippen LogP contribution >= 0.6 is 11.8 Å². The predicted octanol–water partition coefficient (Wildman–Crippen LogP) is 5.99. The highest BCUT2D eigenvalue weighted by molar-refractivity contribution is 8.00. The molecule has 174 valence electrons. The molecule has 2 N–H and O–H groups in total. The Hall–Kier alpha value is -3.52. The zero-order chi connectivity index (χ0) is 23.8. The summed E-state index contributed by atoms with van der Waals surface area (Å²) in [6, 6.07) is 16.3. The average molecular weight is 476 g/mol. The zero-order valence-electron chi connectivity index (χ0n) is 19.2. The topological polar surface area (TPSA) is 93.6 Å². The van der Waals surface area contributed by atoms with Gasteiger partial charge in [-0.3, -0.25) is 4.79 Å². The van der Waals surface area contributed by atoms with Gasteiger partial charge in [-0.2, -0.15) is 0 Å². The van der Waals surface area contributed by atoms with E-state index in [0.717, 1.165) is 28.2 Å². The Morgan fingerprint density at radius 1 is 1.03 bits per heavy atom. The number of anilines is 2. The number of ether oxygens (including phenoxy) is 2. The molecule has 0 radical (unpaired) electrons.